The Bertz CT molecular complexity index is 486. The Morgan fingerprint density at radius 3 is 2.53 bits per heavy atom. The minimum absolute atomic E-state index is 0.185. The fraction of sp³-hybridized carbons (Fsp3) is 0.385. The summed E-state index contributed by atoms with van der Waals surface area (Å²) in [6, 6.07) is 4.30. The number of likely N-dealkylation sites (N-methyl/N-ethyl adjacent to an activating group) is 1. The molecule has 0 aliphatic carbocycles. The largest absolute Gasteiger partial charge is 0.495 e. The number of ether oxygens (including phenoxy) is 1. The van der Waals surface area contributed by atoms with Crippen LogP contribution in [0.5, 0.6) is 5.75 Å². The van der Waals surface area contributed by atoms with Crippen LogP contribution in [0.4, 0.5) is 5.69 Å². The van der Waals surface area contributed by atoms with Gasteiger partial charge in [0.1, 0.15) is 11.8 Å². The lowest BCUT2D eigenvalue weighted by molar-refractivity contribution is -0.130. The fourth-order valence-corrected chi connectivity index (χ4v) is 1.64. The summed E-state index contributed by atoms with van der Waals surface area (Å²) in [5.41, 5.74) is 6.37. The minimum atomic E-state index is -0.617. The normalized spacial score (nSPS) is 11.6. The lowest BCUT2D eigenvalue weighted by Crippen LogP contribution is -2.44. The highest BCUT2D eigenvalue weighted by Gasteiger charge is 2.20. The van der Waals surface area contributed by atoms with Crippen molar-refractivity contribution in [3.63, 3.8) is 0 Å². The van der Waals surface area contributed by atoms with Gasteiger partial charge in [-0.05, 0) is 19.1 Å². The first-order valence-electron chi connectivity index (χ1n) is 5.83. The van der Waals surface area contributed by atoms with E-state index < -0.39 is 11.9 Å². The number of hydrogen-bond donors (Lipinski definition) is 2. The first kappa shape index (κ1) is 14.8. The molecule has 0 aliphatic rings. The van der Waals surface area contributed by atoms with Crippen LogP contribution in [0.15, 0.2) is 18.2 Å². The van der Waals surface area contributed by atoms with Crippen LogP contribution < -0.4 is 15.8 Å². The molecule has 1 atom stereocenters. The maximum Gasteiger partial charge on any atom is 0.254 e. The van der Waals surface area contributed by atoms with Crippen molar-refractivity contribution in [1.29, 1.82) is 0 Å². The van der Waals surface area contributed by atoms with Crippen molar-refractivity contribution in [1.82, 2.24) is 10.2 Å². The number of hydrogen-bond acceptors (Lipinski definition) is 4. The van der Waals surface area contributed by atoms with Crippen molar-refractivity contribution in [2.24, 2.45) is 0 Å². The third kappa shape index (κ3) is 3.37. The zero-order valence-electron chi connectivity index (χ0n) is 11.6. The number of benzene rings is 1. The molecule has 19 heavy (non-hydrogen) atoms. The molecule has 104 valence electrons. The van der Waals surface area contributed by atoms with Gasteiger partial charge >= 0.3 is 0 Å². The van der Waals surface area contributed by atoms with Crippen LogP contribution in [-0.2, 0) is 4.79 Å². The zero-order chi connectivity index (χ0) is 14.6. The Balaban J connectivity index is 2.87. The van der Waals surface area contributed by atoms with E-state index in [9.17, 15) is 9.59 Å². The molecule has 0 radical (unpaired) electrons. The number of rotatable bonds is 4. The molecular weight excluding hydrogens is 246 g/mol. The Labute approximate surface area is 112 Å². The predicted octanol–water partition coefficient (Wildman–Crippen LogP) is 0.484. The van der Waals surface area contributed by atoms with E-state index in [0.29, 0.717) is 5.75 Å². The van der Waals surface area contributed by atoms with Crippen LogP contribution >= 0.6 is 0 Å². The van der Waals surface area contributed by atoms with E-state index in [4.69, 9.17) is 10.5 Å². The van der Waals surface area contributed by atoms with Crippen LogP contribution in [0, 0.1) is 0 Å². The summed E-state index contributed by atoms with van der Waals surface area (Å²) in [6.07, 6.45) is 0. The first-order chi connectivity index (χ1) is 8.88. The summed E-state index contributed by atoms with van der Waals surface area (Å²) < 4.78 is 5.05. The van der Waals surface area contributed by atoms with E-state index in [0.717, 1.165) is 0 Å². The monoisotopic (exact) mass is 265 g/mol. The first-order valence-corrected chi connectivity index (χ1v) is 5.83. The number of carbonyl (C=O) groups is 2. The molecule has 2 amide bonds. The number of anilines is 1. The van der Waals surface area contributed by atoms with Crippen molar-refractivity contribution in [3.8, 4) is 5.75 Å². The molecule has 0 heterocycles. The second-order valence-electron chi connectivity index (χ2n) is 4.35. The Hall–Kier alpha value is -2.24. The Kier molecular flexibility index (Phi) is 4.74. The summed E-state index contributed by atoms with van der Waals surface area (Å²) in [5, 5.41) is 2.60. The van der Waals surface area contributed by atoms with E-state index >= 15 is 0 Å². The maximum atomic E-state index is 12.1. The SMILES string of the molecule is COc1cccc(C(=O)NC(C)C(=O)N(C)C)c1N. The van der Waals surface area contributed by atoms with E-state index in [1.165, 1.54) is 12.0 Å². The minimum Gasteiger partial charge on any atom is -0.495 e. The van der Waals surface area contributed by atoms with E-state index in [2.05, 4.69) is 5.32 Å². The van der Waals surface area contributed by atoms with Gasteiger partial charge in [-0.3, -0.25) is 9.59 Å². The highest BCUT2D eigenvalue weighted by Crippen LogP contribution is 2.24. The molecule has 1 rings (SSSR count). The molecule has 0 saturated carbocycles. The van der Waals surface area contributed by atoms with Gasteiger partial charge in [-0.25, -0.2) is 0 Å². The second kappa shape index (κ2) is 6.08. The Morgan fingerprint density at radius 1 is 1.37 bits per heavy atom. The molecule has 0 spiro atoms. The highest BCUT2D eigenvalue weighted by atomic mass is 16.5. The third-order valence-corrected chi connectivity index (χ3v) is 2.69. The average molecular weight is 265 g/mol. The number of amides is 2. The lowest BCUT2D eigenvalue weighted by atomic mass is 10.1. The smallest absolute Gasteiger partial charge is 0.254 e. The maximum absolute atomic E-state index is 12.1. The molecular formula is C13H19N3O3. The molecule has 0 aromatic heterocycles. The number of carbonyl (C=O) groups excluding carboxylic acids is 2. The number of nitrogens with zero attached hydrogens (tertiary/aromatic N) is 1. The second-order valence-corrected chi connectivity index (χ2v) is 4.35. The molecule has 6 heteroatoms. The summed E-state index contributed by atoms with van der Waals surface area (Å²) in [7, 11) is 4.74. The average Bonchev–Trinajstić information content (AvgIpc) is 2.37. The number of para-hydroxylation sites is 1. The van der Waals surface area contributed by atoms with Crippen molar-refractivity contribution >= 4 is 17.5 Å². The van der Waals surface area contributed by atoms with Gasteiger partial charge in [0.15, 0.2) is 0 Å². The van der Waals surface area contributed by atoms with Crippen LogP contribution in [0.25, 0.3) is 0 Å². The third-order valence-electron chi connectivity index (χ3n) is 2.69. The van der Waals surface area contributed by atoms with Gasteiger partial charge < -0.3 is 20.7 Å². The van der Waals surface area contributed by atoms with Crippen molar-refractivity contribution in [2.75, 3.05) is 26.9 Å². The van der Waals surface area contributed by atoms with E-state index in [1.807, 2.05) is 0 Å². The molecule has 1 aromatic carbocycles. The summed E-state index contributed by atoms with van der Waals surface area (Å²) >= 11 is 0. The number of nitrogens with one attached hydrogen (secondary N) is 1. The topological polar surface area (TPSA) is 84.7 Å². The van der Waals surface area contributed by atoms with E-state index in [-0.39, 0.29) is 17.2 Å². The summed E-state index contributed by atoms with van der Waals surface area (Å²) in [4.78, 5) is 25.1. The van der Waals surface area contributed by atoms with Gasteiger partial charge in [-0.15, -0.1) is 0 Å². The molecule has 0 fully saturated rings. The molecule has 3 N–H and O–H groups in total. The van der Waals surface area contributed by atoms with Gasteiger partial charge in [0.2, 0.25) is 5.91 Å². The molecule has 1 unspecified atom stereocenters. The van der Waals surface area contributed by atoms with Gasteiger partial charge in [0.05, 0.1) is 18.4 Å². The van der Waals surface area contributed by atoms with Crippen LogP contribution in [0.3, 0.4) is 0 Å². The van der Waals surface area contributed by atoms with Gasteiger partial charge in [0, 0.05) is 14.1 Å². The summed E-state index contributed by atoms with van der Waals surface area (Å²) in [6.45, 7) is 1.62. The molecule has 0 bridgehead atoms. The van der Waals surface area contributed by atoms with Crippen molar-refractivity contribution in [2.45, 2.75) is 13.0 Å². The zero-order valence-corrected chi connectivity index (χ0v) is 11.6. The number of methoxy groups -OCH3 is 1. The summed E-state index contributed by atoms with van der Waals surface area (Å²) in [5.74, 6) is -0.159. The lowest BCUT2D eigenvalue weighted by Gasteiger charge is -2.18. The van der Waals surface area contributed by atoms with Gasteiger partial charge in [-0.1, -0.05) is 6.07 Å². The van der Waals surface area contributed by atoms with Crippen molar-refractivity contribution < 1.29 is 14.3 Å². The van der Waals surface area contributed by atoms with Gasteiger partial charge in [0.25, 0.3) is 5.91 Å². The fourth-order valence-electron chi connectivity index (χ4n) is 1.64. The van der Waals surface area contributed by atoms with E-state index in [1.54, 1.807) is 39.2 Å². The predicted molar refractivity (Wildman–Crippen MR) is 73.0 cm³/mol. The Morgan fingerprint density at radius 2 is 2.00 bits per heavy atom. The standard InChI is InChI=1S/C13H19N3O3/c1-8(13(18)16(2)3)15-12(17)9-6-5-7-10(19-4)11(9)14/h5-8H,14H2,1-4H3,(H,15,17). The number of nitrogens with two attached hydrogens (primary N) is 1. The van der Waals surface area contributed by atoms with Crippen LogP contribution in [0.1, 0.15) is 17.3 Å². The number of nitrogen functional groups attached to an aromatic ring is 1. The van der Waals surface area contributed by atoms with Crippen LogP contribution in [-0.4, -0.2) is 44.0 Å². The quantitative estimate of drug-likeness (QED) is 0.776. The molecule has 0 saturated heterocycles. The molecule has 6 nitrogen and oxygen atoms in total. The molecule has 1 aromatic rings. The molecule has 0 aliphatic heterocycles. The van der Waals surface area contributed by atoms with Crippen LogP contribution in [0.2, 0.25) is 0 Å². The highest BCUT2D eigenvalue weighted by molar-refractivity contribution is 6.02. The van der Waals surface area contributed by atoms with Crippen molar-refractivity contribution in [3.05, 3.63) is 23.8 Å². The van der Waals surface area contributed by atoms with Gasteiger partial charge in [-0.2, -0.15) is 0 Å².